The number of hydrogen-bond donors (Lipinski definition) is 1. The van der Waals surface area contributed by atoms with Crippen molar-refractivity contribution >= 4 is 21.9 Å². The van der Waals surface area contributed by atoms with E-state index >= 15 is 0 Å². The highest BCUT2D eigenvalue weighted by Crippen LogP contribution is 2.19. The molecule has 1 amide bonds. The molecule has 0 bridgehead atoms. The lowest BCUT2D eigenvalue weighted by Crippen LogP contribution is -2.45. The number of aromatic nitrogens is 1. The molecule has 180 valence electrons. The third-order valence-electron chi connectivity index (χ3n) is 5.45. The van der Waals surface area contributed by atoms with Gasteiger partial charge >= 0.3 is 5.97 Å². The molecule has 1 fully saturated rings. The Morgan fingerprint density at radius 1 is 1.21 bits per heavy atom. The van der Waals surface area contributed by atoms with Crippen molar-refractivity contribution in [2.45, 2.75) is 45.2 Å². The lowest BCUT2D eigenvalue weighted by atomic mass is 10.0. The van der Waals surface area contributed by atoms with Gasteiger partial charge < -0.3 is 19.3 Å². The Balaban J connectivity index is 1.71. The molecule has 1 saturated heterocycles. The maximum Gasteiger partial charge on any atom is 0.329 e. The highest BCUT2D eigenvalue weighted by molar-refractivity contribution is 7.89. The Hall–Kier alpha value is -2.76. The molecule has 2 heterocycles. The molecule has 33 heavy (non-hydrogen) atoms. The molecule has 1 N–H and O–H groups in total. The molecule has 0 saturated carbocycles. The molecule has 0 unspecified atom stereocenters. The number of nitrogens with zero attached hydrogens (tertiary/aromatic N) is 2. The predicted molar refractivity (Wildman–Crippen MR) is 118 cm³/mol. The summed E-state index contributed by atoms with van der Waals surface area (Å²) in [5.41, 5.74) is 1.44. The highest BCUT2D eigenvalue weighted by atomic mass is 32.2. The van der Waals surface area contributed by atoms with Gasteiger partial charge in [0.05, 0.1) is 29.4 Å². The first-order valence-electron chi connectivity index (χ1n) is 10.7. The Morgan fingerprint density at radius 2 is 1.91 bits per heavy atom. The van der Waals surface area contributed by atoms with Crippen LogP contribution < -0.4 is 5.32 Å². The fourth-order valence-corrected chi connectivity index (χ4v) is 4.85. The Bertz CT molecular complexity index is 1090. The molecule has 2 aromatic rings. The van der Waals surface area contributed by atoms with Crippen molar-refractivity contribution in [1.29, 1.82) is 0 Å². The van der Waals surface area contributed by atoms with Crippen molar-refractivity contribution in [3.05, 3.63) is 46.8 Å². The molecule has 1 aliphatic rings. The highest BCUT2D eigenvalue weighted by Gasteiger charge is 2.29. The molecule has 10 nitrogen and oxygen atoms in total. The van der Waals surface area contributed by atoms with Crippen molar-refractivity contribution in [3.8, 4) is 0 Å². The summed E-state index contributed by atoms with van der Waals surface area (Å²) in [7, 11) is -3.75. The van der Waals surface area contributed by atoms with Gasteiger partial charge in [0.15, 0.2) is 0 Å². The first kappa shape index (κ1) is 24.9. The second kappa shape index (κ2) is 10.4. The van der Waals surface area contributed by atoms with Gasteiger partial charge in [-0.2, -0.15) is 4.31 Å². The molecule has 1 aromatic carbocycles. The van der Waals surface area contributed by atoms with Crippen molar-refractivity contribution in [2.24, 2.45) is 5.92 Å². The minimum absolute atomic E-state index is 0.0131. The van der Waals surface area contributed by atoms with E-state index in [0.717, 1.165) is 0 Å². The molecule has 1 aliphatic heterocycles. The quantitative estimate of drug-likeness (QED) is 0.568. The van der Waals surface area contributed by atoms with Crippen molar-refractivity contribution in [2.75, 3.05) is 26.3 Å². The molecule has 11 heteroatoms. The molecule has 0 radical (unpaired) electrons. The average molecular weight is 480 g/mol. The average Bonchev–Trinajstić information content (AvgIpc) is 3.13. The topological polar surface area (TPSA) is 128 Å². The molecule has 0 aliphatic carbocycles. The number of carbonyl (C=O) groups excluding carboxylic acids is 2. The number of ether oxygens (including phenoxy) is 2. The summed E-state index contributed by atoms with van der Waals surface area (Å²) in [6.45, 7) is 8.17. The summed E-state index contributed by atoms with van der Waals surface area (Å²) in [6.07, 6.45) is 0. The third-order valence-corrected chi connectivity index (χ3v) is 7.35. The van der Waals surface area contributed by atoms with Crippen LogP contribution in [-0.4, -0.2) is 62.1 Å². The van der Waals surface area contributed by atoms with Crippen LogP contribution in [0.1, 0.15) is 41.2 Å². The second-order valence-corrected chi connectivity index (χ2v) is 10.1. The molecule has 1 aromatic heterocycles. The van der Waals surface area contributed by atoms with Crippen molar-refractivity contribution in [1.82, 2.24) is 14.8 Å². The van der Waals surface area contributed by atoms with E-state index in [1.165, 1.54) is 28.6 Å². The first-order chi connectivity index (χ1) is 15.6. The number of rotatable bonds is 8. The SMILES string of the molecule is Cc1noc(C)c1COC(=O)[C@@H](NC(=O)c1cccc(S(=O)(=O)N2CCOCC2)c1)C(C)C. The normalized spacial score (nSPS) is 15.9. The van der Waals surface area contributed by atoms with Gasteiger partial charge in [-0.15, -0.1) is 0 Å². The summed E-state index contributed by atoms with van der Waals surface area (Å²) in [5.74, 6) is -0.868. The number of carbonyl (C=O) groups is 2. The maximum absolute atomic E-state index is 12.9. The summed E-state index contributed by atoms with van der Waals surface area (Å²) < 4.78 is 42.8. The third kappa shape index (κ3) is 5.79. The zero-order valence-corrected chi connectivity index (χ0v) is 20.0. The number of benzene rings is 1. The predicted octanol–water partition coefficient (Wildman–Crippen LogP) is 1.81. The van der Waals surface area contributed by atoms with Crippen LogP contribution in [0.5, 0.6) is 0 Å². The first-order valence-corrected chi connectivity index (χ1v) is 12.1. The fraction of sp³-hybridized carbons (Fsp3) is 0.500. The number of aryl methyl sites for hydroxylation is 2. The van der Waals surface area contributed by atoms with E-state index in [1.807, 2.05) is 0 Å². The zero-order chi connectivity index (χ0) is 24.2. The van der Waals surface area contributed by atoms with E-state index in [4.69, 9.17) is 14.0 Å². The van der Waals surface area contributed by atoms with Gasteiger partial charge in [-0.05, 0) is 38.0 Å². The smallest absolute Gasteiger partial charge is 0.329 e. The second-order valence-electron chi connectivity index (χ2n) is 8.15. The fourth-order valence-electron chi connectivity index (χ4n) is 3.40. The van der Waals surface area contributed by atoms with Crippen LogP contribution in [-0.2, 0) is 30.9 Å². The van der Waals surface area contributed by atoms with E-state index in [9.17, 15) is 18.0 Å². The lowest BCUT2D eigenvalue weighted by molar-refractivity contribution is -0.148. The van der Waals surface area contributed by atoms with Crippen LogP contribution in [0.15, 0.2) is 33.7 Å². The summed E-state index contributed by atoms with van der Waals surface area (Å²) in [6, 6.07) is 4.84. The van der Waals surface area contributed by atoms with Crippen LogP contribution in [0, 0.1) is 19.8 Å². The van der Waals surface area contributed by atoms with Crippen LogP contribution >= 0.6 is 0 Å². The zero-order valence-electron chi connectivity index (χ0n) is 19.2. The van der Waals surface area contributed by atoms with E-state index in [0.29, 0.717) is 30.2 Å². The van der Waals surface area contributed by atoms with Crippen LogP contribution in [0.2, 0.25) is 0 Å². The Labute approximate surface area is 193 Å². The van der Waals surface area contributed by atoms with Gasteiger partial charge in [-0.3, -0.25) is 4.79 Å². The minimum atomic E-state index is -3.75. The lowest BCUT2D eigenvalue weighted by Gasteiger charge is -2.26. The number of nitrogens with one attached hydrogen (secondary N) is 1. The molecule has 1 atom stereocenters. The van der Waals surface area contributed by atoms with Gasteiger partial charge in [0, 0.05) is 18.7 Å². The van der Waals surface area contributed by atoms with Crippen LogP contribution in [0.4, 0.5) is 0 Å². The number of esters is 1. The van der Waals surface area contributed by atoms with Crippen molar-refractivity contribution < 1.29 is 32.0 Å². The van der Waals surface area contributed by atoms with Crippen LogP contribution in [0.3, 0.4) is 0 Å². The van der Waals surface area contributed by atoms with Gasteiger partial charge in [-0.25, -0.2) is 13.2 Å². The van der Waals surface area contributed by atoms with Crippen LogP contribution in [0.25, 0.3) is 0 Å². The maximum atomic E-state index is 12.9. The summed E-state index contributed by atoms with van der Waals surface area (Å²) in [5, 5.41) is 6.50. The monoisotopic (exact) mass is 479 g/mol. The Morgan fingerprint density at radius 3 is 2.52 bits per heavy atom. The molecule has 3 rings (SSSR count). The summed E-state index contributed by atoms with van der Waals surface area (Å²) >= 11 is 0. The van der Waals surface area contributed by atoms with E-state index in [-0.39, 0.29) is 36.1 Å². The number of amides is 1. The van der Waals surface area contributed by atoms with Gasteiger partial charge in [0.1, 0.15) is 18.4 Å². The van der Waals surface area contributed by atoms with Gasteiger partial charge in [-0.1, -0.05) is 25.1 Å². The van der Waals surface area contributed by atoms with E-state index in [1.54, 1.807) is 27.7 Å². The minimum Gasteiger partial charge on any atom is -0.459 e. The number of morpholine rings is 1. The summed E-state index contributed by atoms with van der Waals surface area (Å²) in [4.78, 5) is 25.6. The van der Waals surface area contributed by atoms with Crippen molar-refractivity contribution in [3.63, 3.8) is 0 Å². The largest absolute Gasteiger partial charge is 0.459 e. The molecular weight excluding hydrogens is 450 g/mol. The molecular formula is C22H29N3O7S. The van der Waals surface area contributed by atoms with Gasteiger partial charge in [0.25, 0.3) is 5.91 Å². The number of hydrogen-bond acceptors (Lipinski definition) is 8. The number of sulfonamides is 1. The van der Waals surface area contributed by atoms with E-state index < -0.39 is 27.9 Å². The van der Waals surface area contributed by atoms with Gasteiger partial charge in [0.2, 0.25) is 10.0 Å². The standard InChI is InChI=1S/C22H29N3O7S/c1-14(2)20(22(27)31-13-19-15(3)24-32-16(19)4)23-21(26)17-6-5-7-18(12-17)33(28,29)25-8-10-30-11-9-25/h5-7,12,14,20H,8-11,13H2,1-4H3,(H,23,26)/t20-/m0/s1. The Kier molecular flexibility index (Phi) is 7.88. The molecule has 0 spiro atoms. The van der Waals surface area contributed by atoms with E-state index in [2.05, 4.69) is 10.5 Å².